The number of aryl methyl sites for hydroxylation is 1. The first-order valence-electron chi connectivity index (χ1n) is 6.63. The third kappa shape index (κ3) is 2.36. The van der Waals surface area contributed by atoms with Crippen LogP contribution in [0.15, 0.2) is 30.6 Å². The summed E-state index contributed by atoms with van der Waals surface area (Å²) in [6.45, 7) is 1.07. The van der Waals surface area contributed by atoms with Gasteiger partial charge in [0.15, 0.2) is 0 Å². The lowest BCUT2D eigenvalue weighted by atomic mass is 10.0. The maximum atomic E-state index is 10.3. The van der Waals surface area contributed by atoms with E-state index in [0.717, 1.165) is 24.1 Å². The molecule has 19 heavy (non-hydrogen) atoms. The maximum absolute atomic E-state index is 10.3. The molecule has 0 aliphatic carbocycles. The van der Waals surface area contributed by atoms with Gasteiger partial charge in [0.1, 0.15) is 0 Å². The molecule has 4 heteroatoms. The van der Waals surface area contributed by atoms with E-state index in [2.05, 4.69) is 29.2 Å². The Bertz CT molecular complexity index is 591. The molecule has 0 fully saturated rings. The summed E-state index contributed by atoms with van der Waals surface area (Å²) in [4.78, 5) is 2.26. The van der Waals surface area contributed by atoms with E-state index in [1.165, 1.54) is 11.3 Å². The Balaban J connectivity index is 1.79. The highest BCUT2D eigenvalue weighted by Crippen LogP contribution is 2.30. The third-order valence-corrected chi connectivity index (χ3v) is 3.80. The lowest BCUT2D eigenvalue weighted by Crippen LogP contribution is -2.12. The minimum absolute atomic E-state index is 0.458. The summed E-state index contributed by atoms with van der Waals surface area (Å²) in [5.41, 5.74) is 4.69. The zero-order chi connectivity index (χ0) is 13.4. The van der Waals surface area contributed by atoms with Crippen LogP contribution >= 0.6 is 0 Å². The molecule has 2 aromatic rings. The zero-order valence-corrected chi connectivity index (χ0v) is 11.4. The summed E-state index contributed by atoms with van der Waals surface area (Å²) >= 11 is 0. The van der Waals surface area contributed by atoms with Crippen molar-refractivity contribution in [3.63, 3.8) is 0 Å². The minimum atomic E-state index is -0.458. The topological polar surface area (TPSA) is 41.3 Å². The van der Waals surface area contributed by atoms with Crippen molar-refractivity contribution in [3.05, 3.63) is 47.3 Å². The van der Waals surface area contributed by atoms with Crippen LogP contribution in [0.1, 0.15) is 22.8 Å². The molecule has 0 bridgehead atoms. The van der Waals surface area contributed by atoms with Crippen LogP contribution in [0.5, 0.6) is 0 Å². The summed E-state index contributed by atoms with van der Waals surface area (Å²) in [7, 11) is 4.00. The Morgan fingerprint density at radius 1 is 1.37 bits per heavy atom. The van der Waals surface area contributed by atoms with Gasteiger partial charge in [0.05, 0.1) is 12.3 Å². The molecule has 0 radical (unpaired) electrons. The monoisotopic (exact) mass is 257 g/mol. The number of aliphatic hydroxyl groups excluding tert-OH is 1. The minimum Gasteiger partial charge on any atom is -0.388 e. The second-order valence-corrected chi connectivity index (χ2v) is 5.30. The van der Waals surface area contributed by atoms with Crippen LogP contribution in [0.3, 0.4) is 0 Å². The highest BCUT2D eigenvalue weighted by atomic mass is 16.3. The van der Waals surface area contributed by atoms with Gasteiger partial charge in [-0.25, -0.2) is 0 Å². The number of hydrogen-bond acceptors (Lipinski definition) is 3. The number of aromatic nitrogens is 2. The molecule has 0 amide bonds. The predicted octanol–water partition coefficient (Wildman–Crippen LogP) is 1.69. The van der Waals surface area contributed by atoms with Crippen LogP contribution in [-0.4, -0.2) is 28.5 Å². The van der Waals surface area contributed by atoms with Crippen molar-refractivity contribution in [2.45, 2.75) is 18.9 Å². The molecular formula is C15H19N3O. The van der Waals surface area contributed by atoms with E-state index in [0.29, 0.717) is 6.42 Å². The van der Waals surface area contributed by atoms with E-state index in [9.17, 15) is 5.11 Å². The second kappa shape index (κ2) is 4.70. The Labute approximate surface area is 113 Å². The van der Waals surface area contributed by atoms with Gasteiger partial charge in [0.25, 0.3) is 0 Å². The maximum Gasteiger partial charge on any atom is 0.0831 e. The van der Waals surface area contributed by atoms with Crippen molar-refractivity contribution >= 4 is 5.69 Å². The van der Waals surface area contributed by atoms with E-state index in [4.69, 9.17) is 0 Å². The smallest absolute Gasteiger partial charge is 0.0831 e. The van der Waals surface area contributed by atoms with E-state index in [1.807, 2.05) is 25.5 Å². The SMILES string of the molecule is CN1CCc2cc(C(O)Cc3cnn(C)c3)ccc21. The molecule has 1 N–H and O–H groups in total. The molecule has 0 spiro atoms. The summed E-state index contributed by atoms with van der Waals surface area (Å²) in [5, 5.41) is 14.5. The Morgan fingerprint density at radius 2 is 2.21 bits per heavy atom. The lowest BCUT2D eigenvalue weighted by molar-refractivity contribution is 0.178. The molecular weight excluding hydrogens is 238 g/mol. The highest BCUT2D eigenvalue weighted by molar-refractivity contribution is 5.58. The standard InChI is InChI=1S/C15H19N3O/c1-17-6-5-12-8-13(3-4-14(12)17)15(19)7-11-9-16-18(2)10-11/h3-4,8-10,15,19H,5-7H2,1-2H3. The molecule has 1 aromatic carbocycles. The Kier molecular flexibility index (Phi) is 3.03. The molecule has 100 valence electrons. The molecule has 3 rings (SSSR count). The van der Waals surface area contributed by atoms with Gasteiger partial charge in [-0.2, -0.15) is 5.10 Å². The number of benzene rings is 1. The molecule has 4 nitrogen and oxygen atoms in total. The fourth-order valence-electron chi connectivity index (χ4n) is 2.71. The van der Waals surface area contributed by atoms with Crippen molar-refractivity contribution < 1.29 is 5.11 Å². The van der Waals surface area contributed by atoms with Gasteiger partial charge < -0.3 is 10.0 Å². The zero-order valence-electron chi connectivity index (χ0n) is 11.4. The van der Waals surface area contributed by atoms with E-state index in [1.54, 1.807) is 4.68 Å². The summed E-state index contributed by atoms with van der Waals surface area (Å²) in [6.07, 6.45) is 4.98. The predicted molar refractivity (Wildman–Crippen MR) is 75.3 cm³/mol. The molecule has 1 aliphatic heterocycles. The van der Waals surface area contributed by atoms with Gasteiger partial charge in [-0.1, -0.05) is 12.1 Å². The number of hydrogen-bond donors (Lipinski definition) is 1. The fourth-order valence-corrected chi connectivity index (χ4v) is 2.71. The van der Waals surface area contributed by atoms with Gasteiger partial charge in [-0.05, 0) is 29.2 Å². The molecule has 1 aromatic heterocycles. The first-order valence-corrected chi connectivity index (χ1v) is 6.63. The van der Waals surface area contributed by atoms with Crippen molar-refractivity contribution in [2.75, 3.05) is 18.5 Å². The Morgan fingerprint density at radius 3 is 2.95 bits per heavy atom. The molecule has 1 aliphatic rings. The molecule has 1 atom stereocenters. The number of aliphatic hydroxyl groups is 1. The van der Waals surface area contributed by atoms with Crippen LogP contribution in [0, 0.1) is 0 Å². The highest BCUT2D eigenvalue weighted by Gasteiger charge is 2.18. The van der Waals surface area contributed by atoms with Crippen LogP contribution < -0.4 is 4.90 Å². The van der Waals surface area contributed by atoms with Gasteiger partial charge in [-0.3, -0.25) is 4.68 Å². The number of likely N-dealkylation sites (N-methyl/N-ethyl adjacent to an activating group) is 1. The third-order valence-electron chi connectivity index (χ3n) is 3.80. The average Bonchev–Trinajstić information content (AvgIpc) is 2.96. The summed E-state index contributed by atoms with van der Waals surface area (Å²) in [5.74, 6) is 0. The number of fused-ring (bicyclic) bond motifs is 1. The van der Waals surface area contributed by atoms with Crippen LogP contribution in [-0.2, 0) is 19.9 Å². The van der Waals surface area contributed by atoms with Crippen LogP contribution in [0.25, 0.3) is 0 Å². The fraction of sp³-hybridized carbons (Fsp3) is 0.400. The van der Waals surface area contributed by atoms with Gasteiger partial charge in [-0.15, -0.1) is 0 Å². The average molecular weight is 257 g/mol. The van der Waals surface area contributed by atoms with Crippen molar-refractivity contribution in [1.29, 1.82) is 0 Å². The summed E-state index contributed by atoms with van der Waals surface area (Å²) < 4.78 is 1.76. The van der Waals surface area contributed by atoms with Crippen LogP contribution in [0.2, 0.25) is 0 Å². The summed E-state index contributed by atoms with van der Waals surface area (Å²) in [6, 6.07) is 6.28. The lowest BCUT2D eigenvalue weighted by Gasteiger charge is -2.14. The number of nitrogens with zero attached hydrogens (tertiary/aromatic N) is 3. The van der Waals surface area contributed by atoms with Gasteiger partial charge >= 0.3 is 0 Å². The van der Waals surface area contributed by atoms with Crippen LogP contribution in [0.4, 0.5) is 5.69 Å². The first-order chi connectivity index (χ1) is 9.13. The quantitative estimate of drug-likeness (QED) is 0.909. The molecule has 2 heterocycles. The molecule has 1 unspecified atom stereocenters. The Hall–Kier alpha value is -1.81. The van der Waals surface area contributed by atoms with Gasteiger partial charge in [0, 0.05) is 38.9 Å². The number of anilines is 1. The van der Waals surface area contributed by atoms with Crippen molar-refractivity contribution in [3.8, 4) is 0 Å². The van der Waals surface area contributed by atoms with Gasteiger partial charge in [0.2, 0.25) is 0 Å². The first kappa shape index (κ1) is 12.2. The van der Waals surface area contributed by atoms with Crippen molar-refractivity contribution in [2.24, 2.45) is 7.05 Å². The van der Waals surface area contributed by atoms with E-state index in [-0.39, 0.29) is 0 Å². The molecule has 0 saturated carbocycles. The normalized spacial score (nSPS) is 15.6. The molecule has 0 saturated heterocycles. The van der Waals surface area contributed by atoms with Crippen molar-refractivity contribution in [1.82, 2.24) is 9.78 Å². The number of rotatable bonds is 3. The largest absolute Gasteiger partial charge is 0.388 e. The van der Waals surface area contributed by atoms with E-state index >= 15 is 0 Å². The van der Waals surface area contributed by atoms with E-state index < -0.39 is 6.10 Å². The second-order valence-electron chi connectivity index (χ2n) is 5.30.